The summed E-state index contributed by atoms with van der Waals surface area (Å²) in [6, 6.07) is 34.0. The molecule has 4 aromatic carbocycles. The largest absolute Gasteiger partial charge is 0.508 e. The van der Waals surface area contributed by atoms with Gasteiger partial charge in [-0.05, 0) is 108 Å². The Morgan fingerprint density at radius 3 is 2.21 bits per heavy atom. The van der Waals surface area contributed by atoms with Crippen LogP contribution in [-0.4, -0.2) is 46.9 Å². The summed E-state index contributed by atoms with van der Waals surface area (Å²) in [5.74, 6) is -2.05. The first kappa shape index (κ1) is 31.6. The van der Waals surface area contributed by atoms with E-state index in [-0.39, 0.29) is 36.9 Å². The van der Waals surface area contributed by atoms with Crippen molar-refractivity contribution < 1.29 is 29.5 Å². The molecule has 0 radical (unpaired) electrons. The first-order chi connectivity index (χ1) is 23.4. The zero-order chi connectivity index (χ0) is 33.2. The number of fused-ring (bicyclic) bond motifs is 3. The molecule has 3 aliphatic rings. The minimum atomic E-state index is -1.11. The fourth-order valence-corrected chi connectivity index (χ4v) is 7.56. The number of nitrogens with zero attached hydrogens (tertiary/aromatic N) is 1. The standard InChI is InChI=1S/C39H37BN2O6/c43-24-28-22-33-37(39(46)42(38(33)45)31-16-14-30(15-17-31)41-29-9-5-2-6-10-29)34-23-40(47)48-35(36(28)34)20-13-27(26-7-3-1-4-8-26)21-25-11-18-32(44)19-12-25/h1-12,14-19,21,33-35,37,41,43-44,47H,13,20,22-24H2/b27-21-/t33-,34+,35-,37-/m1/s1. The second-order valence-electron chi connectivity index (χ2n) is 12.7. The molecule has 0 unspecified atom stereocenters. The number of imide groups is 1. The van der Waals surface area contributed by atoms with Gasteiger partial charge in [-0.25, -0.2) is 0 Å². The number of benzene rings is 4. The maximum absolute atomic E-state index is 14.1. The molecule has 9 heteroatoms. The number of aromatic hydroxyl groups is 1. The highest BCUT2D eigenvalue weighted by Gasteiger charge is 2.57. The molecule has 2 amide bonds. The molecule has 4 atom stereocenters. The maximum Gasteiger partial charge on any atom is 0.455 e. The first-order valence-electron chi connectivity index (χ1n) is 16.4. The summed E-state index contributed by atoms with van der Waals surface area (Å²) in [7, 11) is -1.11. The van der Waals surface area contributed by atoms with Crippen molar-refractivity contribution in [3.05, 3.63) is 131 Å². The number of carbonyl (C=O) groups is 2. The third-order valence-electron chi connectivity index (χ3n) is 9.74. The van der Waals surface area contributed by atoms with E-state index in [0.717, 1.165) is 33.6 Å². The third kappa shape index (κ3) is 6.32. The number of aliphatic hydroxyl groups excluding tert-OH is 1. The smallest absolute Gasteiger partial charge is 0.455 e. The highest BCUT2D eigenvalue weighted by Crippen LogP contribution is 2.51. The summed E-state index contributed by atoms with van der Waals surface area (Å²) in [6.07, 6.45) is 3.08. The van der Waals surface area contributed by atoms with Gasteiger partial charge >= 0.3 is 7.12 Å². The van der Waals surface area contributed by atoms with Crippen molar-refractivity contribution in [2.24, 2.45) is 17.8 Å². The van der Waals surface area contributed by atoms with Gasteiger partial charge in [0.15, 0.2) is 0 Å². The van der Waals surface area contributed by atoms with E-state index in [1.165, 1.54) is 4.90 Å². The number of nitrogens with one attached hydrogen (secondary N) is 1. The summed E-state index contributed by atoms with van der Waals surface area (Å²) in [5.41, 5.74) is 6.83. The van der Waals surface area contributed by atoms with Crippen LogP contribution in [0.5, 0.6) is 5.75 Å². The van der Waals surface area contributed by atoms with Crippen LogP contribution in [0.25, 0.3) is 11.6 Å². The molecular weight excluding hydrogens is 603 g/mol. The lowest BCUT2D eigenvalue weighted by Crippen LogP contribution is -2.46. The molecule has 2 aliphatic heterocycles. The fourth-order valence-electron chi connectivity index (χ4n) is 7.56. The van der Waals surface area contributed by atoms with Gasteiger partial charge in [-0.3, -0.25) is 14.5 Å². The SMILES string of the molecule is O=C1[C@@H]2[C@@H](CC(CO)=C3[C@@H](CC/C(=C/c4ccc(O)cc4)c4ccccc4)OB(O)C[C@@H]32)C(=O)N1c1ccc(Nc2ccccc2)cc1. The van der Waals surface area contributed by atoms with Crippen molar-refractivity contribution in [1.82, 2.24) is 0 Å². The van der Waals surface area contributed by atoms with Crippen LogP contribution in [0.1, 0.15) is 30.4 Å². The Bertz CT molecular complexity index is 1840. The Kier molecular flexibility index (Phi) is 8.99. The van der Waals surface area contributed by atoms with E-state index in [2.05, 4.69) is 11.4 Å². The molecule has 242 valence electrons. The van der Waals surface area contributed by atoms with Crippen LogP contribution in [0.15, 0.2) is 120 Å². The number of hydrogen-bond acceptors (Lipinski definition) is 7. The zero-order valence-corrected chi connectivity index (χ0v) is 26.4. The number of phenols is 1. The van der Waals surface area contributed by atoms with Crippen LogP contribution in [0, 0.1) is 17.8 Å². The highest BCUT2D eigenvalue weighted by molar-refractivity contribution is 6.43. The quantitative estimate of drug-likeness (QED) is 0.0719. The molecular formula is C39H37BN2O6. The van der Waals surface area contributed by atoms with E-state index in [0.29, 0.717) is 24.1 Å². The number of para-hydroxylation sites is 1. The number of aliphatic hydroxyl groups is 1. The summed E-state index contributed by atoms with van der Waals surface area (Å²) in [5, 5.41) is 34.6. The molecule has 2 heterocycles. The van der Waals surface area contributed by atoms with Crippen molar-refractivity contribution in [2.75, 3.05) is 16.8 Å². The van der Waals surface area contributed by atoms with Crippen molar-refractivity contribution in [3.8, 4) is 5.75 Å². The van der Waals surface area contributed by atoms with Crippen molar-refractivity contribution >= 4 is 47.6 Å². The number of allylic oxidation sites excluding steroid dienone is 1. The fraction of sp³-hybridized carbons (Fsp3) is 0.231. The molecule has 0 saturated carbocycles. The van der Waals surface area contributed by atoms with Gasteiger partial charge in [-0.2, -0.15) is 0 Å². The van der Waals surface area contributed by atoms with E-state index >= 15 is 0 Å². The molecule has 8 nitrogen and oxygen atoms in total. The number of amides is 2. The molecule has 2 saturated heterocycles. The minimum absolute atomic E-state index is 0.179. The molecule has 0 bridgehead atoms. The Morgan fingerprint density at radius 2 is 1.52 bits per heavy atom. The van der Waals surface area contributed by atoms with Crippen LogP contribution in [0.2, 0.25) is 6.32 Å². The monoisotopic (exact) mass is 640 g/mol. The van der Waals surface area contributed by atoms with Crippen LogP contribution >= 0.6 is 0 Å². The average Bonchev–Trinajstić information content (AvgIpc) is 3.36. The summed E-state index contributed by atoms with van der Waals surface area (Å²) >= 11 is 0. The second kappa shape index (κ2) is 13.6. The predicted molar refractivity (Wildman–Crippen MR) is 187 cm³/mol. The number of phenolic OH excluding ortho intramolecular Hbond substituents is 1. The van der Waals surface area contributed by atoms with Crippen molar-refractivity contribution in [2.45, 2.75) is 31.7 Å². The van der Waals surface area contributed by atoms with Gasteiger partial charge in [0.25, 0.3) is 0 Å². The predicted octanol–water partition coefficient (Wildman–Crippen LogP) is 6.45. The van der Waals surface area contributed by atoms with E-state index in [9.17, 15) is 24.8 Å². The van der Waals surface area contributed by atoms with E-state index in [1.807, 2.05) is 84.9 Å². The highest BCUT2D eigenvalue weighted by atomic mass is 16.5. The third-order valence-corrected chi connectivity index (χ3v) is 9.74. The molecule has 0 spiro atoms. The topological polar surface area (TPSA) is 119 Å². The molecule has 4 N–H and O–H groups in total. The van der Waals surface area contributed by atoms with Gasteiger partial charge in [0.05, 0.1) is 30.2 Å². The van der Waals surface area contributed by atoms with Gasteiger partial charge in [0.2, 0.25) is 11.8 Å². The molecule has 0 aromatic heterocycles. The lowest BCUT2D eigenvalue weighted by Gasteiger charge is -2.43. The zero-order valence-electron chi connectivity index (χ0n) is 26.4. The molecule has 2 fully saturated rings. The van der Waals surface area contributed by atoms with Gasteiger partial charge in [0.1, 0.15) is 5.75 Å². The molecule has 7 rings (SSSR count). The number of hydrogen-bond donors (Lipinski definition) is 4. The van der Waals surface area contributed by atoms with Crippen LogP contribution in [0.4, 0.5) is 17.1 Å². The molecule has 4 aromatic rings. The number of carbonyl (C=O) groups excluding carboxylic acids is 2. The lowest BCUT2D eigenvalue weighted by atomic mass is 9.58. The van der Waals surface area contributed by atoms with Crippen molar-refractivity contribution in [3.63, 3.8) is 0 Å². The number of anilines is 3. The van der Waals surface area contributed by atoms with E-state index in [4.69, 9.17) is 4.65 Å². The van der Waals surface area contributed by atoms with E-state index in [1.54, 1.807) is 24.3 Å². The van der Waals surface area contributed by atoms with Gasteiger partial charge < -0.3 is 25.2 Å². The Balaban J connectivity index is 1.14. The van der Waals surface area contributed by atoms with Crippen LogP contribution < -0.4 is 10.2 Å². The average molecular weight is 641 g/mol. The Labute approximate surface area is 280 Å². The number of rotatable bonds is 9. The van der Waals surface area contributed by atoms with Gasteiger partial charge in [-0.15, -0.1) is 0 Å². The molecule has 48 heavy (non-hydrogen) atoms. The molecule has 1 aliphatic carbocycles. The van der Waals surface area contributed by atoms with Gasteiger partial charge in [0, 0.05) is 11.4 Å². The Hall–Kier alpha value is -4.96. The van der Waals surface area contributed by atoms with Crippen molar-refractivity contribution in [1.29, 1.82) is 0 Å². The van der Waals surface area contributed by atoms with Crippen LogP contribution in [0.3, 0.4) is 0 Å². The van der Waals surface area contributed by atoms with Gasteiger partial charge in [-0.1, -0.05) is 66.7 Å². The maximum atomic E-state index is 14.1. The summed E-state index contributed by atoms with van der Waals surface area (Å²) in [6.45, 7) is -0.249. The minimum Gasteiger partial charge on any atom is -0.508 e. The lowest BCUT2D eigenvalue weighted by molar-refractivity contribution is -0.122. The normalized spacial score (nSPS) is 22.5. The van der Waals surface area contributed by atoms with E-state index < -0.39 is 31.0 Å². The summed E-state index contributed by atoms with van der Waals surface area (Å²) in [4.78, 5) is 29.3. The second-order valence-corrected chi connectivity index (χ2v) is 12.7. The van der Waals surface area contributed by atoms with Crippen LogP contribution in [-0.2, 0) is 14.2 Å². The summed E-state index contributed by atoms with van der Waals surface area (Å²) < 4.78 is 6.13. The Morgan fingerprint density at radius 1 is 0.854 bits per heavy atom. The first-order valence-corrected chi connectivity index (χ1v) is 16.4.